The molecule has 1 aliphatic rings. The van der Waals surface area contributed by atoms with Crippen LogP contribution in [0.15, 0.2) is 12.7 Å². The first-order valence-corrected chi connectivity index (χ1v) is 6.04. The second kappa shape index (κ2) is 7.00. The molecule has 0 unspecified atom stereocenters. The van der Waals surface area contributed by atoms with E-state index in [9.17, 15) is 14.7 Å². The van der Waals surface area contributed by atoms with Crippen LogP contribution in [-0.2, 0) is 9.53 Å². The van der Waals surface area contributed by atoms with Crippen molar-refractivity contribution < 1.29 is 19.4 Å². The Hall–Kier alpha value is -1.56. The molecule has 0 saturated carbocycles. The molecule has 0 aromatic carbocycles. The van der Waals surface area contributed by atoms with Crippen LogP contribution in [0.3, 0.4) is 0 Å². The van der Waals surface area contributed by atoms with Gasteiger partial charge in [0.05, 0.1) is 5.41 Å². The second-order valence-electron chi connectivity index (χ2n) is 4.38. The van der Waals surface area contributed by atoms with Gasteiger partial charge in [0.15, 0.2) is 0 Å². The van der Waals surface area contributed by atoms with Crippen LogP contribution < -0.4 is 10.6 Å². The molecule has 1 rings (SSSR count). The van der Waals surface area contributed by atoms with E-state index in [2.05, 4.69) is 17.2 Å². The largest absolute Gasteiger partial charge is 0.481 e. The third-order valence-electron chi connectivity index (χ3n) is 3.12. The highest BCUT2D eigenvalue weighted by atomic mass is 16.5. The minimum Gasteiger partial charge on any atom is -0.481 e. The van der Waals surface area contributed by atoms with Gasteiger partial charge in [0.2, 0.25) is 0 Å². The predicted octanol–water partition coefficient (Wildman–Crippen LogP) is 0.743. The summed E-state index contributed by atoms with van der Waals surface area (Å²) in [4.78, 5) is 22.8. The molecule has 2 amide bonds. The van der Waals surface area contributed by atoms with Crippen LogP contribution in [0.5, 0.6) is 0 Å². The van der Waals surface area contributed by atoms with E-state index >= 15 is 0 Å². The normalized spacial score (nSPS) is 17.8. The summed E-state index contributed by atoms with van der Waals surface area (Å²) in [7, 11) is 0. The monoisotopic (exact) mass is 256 g/mol. The first-order valence-electron chi connectivity index (χ1n) is 6.04. The number of aliphatic carboxylic acids is 1. The summed E-state index contributed by atoms with van der Waals surface area (Å²) in [6.45, 7) is 5.02. The number of ether oxygens (including phenoxy) is 1. The van der Waals surface area contributed by atoms with Gasteiger partial charge in [0.1, 0.15) is 0 Å². The molecule has 0 aliphatic carbocycles. The highest BCUT2D eigenvalue weighted by Gasteiger charge is 2.40. The first-order chi connectivity index (χ1) is 8.60. The maximum absolute atomic E-state index is 11.4. The first kappa shape index (κ1) is 14.5. The fourth-order valence-corrected chi connectivity index (χ4v) is 1.83. The van der Waals surface area contributed by atoms with Gasteiger partial charge in [-0.3, -0.25) is 4.79 Å². The molecular weight excluding hydrogens is 236 g/mol. The van der Waals surface area contributed by atoms with E-state index in [0.29, 0.717) is 39.0 Å². The van der Waals surface area contributed by atoms with E-state index < -0.39 is 11.4 Å². The average Bonchev–Trinajstić information content (AvgIpc) is 2.37. The van der Waals surface area contributed by atoms with Crippen molar-refractivity contribution in [1.82, 2.24) is 10.6 Å². The minimum atomic E-state index is -0.895. The fraction of sp³-hybridized carbons (Fsp3) is 0.667. The van der Waals surface area contributed by atoms with Crippen LogP contribution >= 0.6 is 0 Å². The van der Waals surface area contributed by atoms with Crippen molar-refractivity contribution >= 4 is 12.0 Å². The lowest BCUT2D eigenvalue weighted by Crippen LogP contribution is -2.48. The molecule has 1 fully saturated rings. The van der Waals surface area contributed by atoms with Crippen molar-refractivity contribution in [2.45, 2.75) is 19.3 Å². The van der Waals surface area contributed by atoms with Gasteiger partial charge in [-0.1, -0.05) is 6.08 Å². The van der Waals surface area contributed by atoms with Crippen LogP contribution in [0, 0.1) is 5.41 Å². The molecular formula is C12H20N2O4. The van der Waals surface area contributed by atoms with Gasteiger partial charge in [-0.2, -0.15) is 0 Å². The Morgan fingerprint density at radius 1 is 1.33 bits per heavy atom. The lowest BCUT2D eigenvalue weighted by molar-refractivity contribution is -0.154. The molecule has 0 aromatic heterocycles. The zero-order valence-electron chi connectivity index (χ0n) is 10.4. The summed E-state index contributed by atoms with van der Waals surface area (Å²) in [5.74, 6) is -0.878. The Labute approximate surface area is 106 Å². The van der Waals surface area contributed by atoms with E-state index in [0.717, 1.165) is 0 Å². The summed E-state index contributed by atoms with van der Waals surface area (Å²) < 4.78 is 5.16. The molecule has 18 heavy (non-hydrogen) atoms. The van der Waals surface area contributed by atoms with Gasteiger partial charge in [-0.05, 0) is 19.3 Å². The Balaban J connectivity index is 2.40. The van der Waals surface area contributed by atoms with Crippen molar-refractivity contribution in [3.63, 3.8) is 0 Å². The van der Waals surface area contributed by atoms with E-state index in [1.807, 2.05) is 0 Å². The smallest absolute Gasteiger partial charge is 0.314 e. The molecule has 6 heteroatoms. The third kappa shape index (κ3) is 4.03. The van der Waals surface area contributed by atoms with Gasteiger partial charge >= 0.3 is 12.0 Å². The van der Waals surface area contributed by atoms with Crippen molar-refractivity contribution in [1.29, 1.82) is 0 Å². The summed E-state index contributed by atoms with van der Waals surface area (Å²) in [6.07, 6.45) is 3.24. The number of rotatable bonds is 6. The number of nitrogens with one attached hydrogen (secondary N) is 2. The number of urea groups is 1. The molecule has 6 nitrogen and oxygen atoms in total. The molecule has 1 saturated heterocycles. The number of carboxylic acids is 1. The third-order valence-corrected chi connectivity index (χ3v) is 3.12. The van der Waals surface area contributed by atoms with Crippen LogP contribution in [0.25, 0.3) is 0 Å². The molecule has 0 aromatic rings. The maximum Gasteiger partial charge on any atom is 0.314 e. The maximum atomic E-state index is 11.4. The van der Waals surface area contributed by atoms with E-state index in [1.54, 1.807) is 6.08 Å². The summed E-state index contributed by atoms with van der Waals surface area (Å²) in [5.41, 5.74) is -0.895. The number of amides is 2. The topological polar surface area (TPSA) is 87.7 Å². The summed E-state index contributed by atoms with van der Waals surface area (Å²) >= 11 is 0. The van der Waals surface area contributed by atoms with Gasteiger partial charge in [0, 0.05) is 26.3 Å². The second-order valence-corrected chi connectivity index (χ2v) is 4.38. The molecule has 1 heterocycles. The highest BCUT2D eigenvalue weighted by molar-refractivity contribution is 5.78. The van der Waals surface area contributed by atoms with E-state index in [1.165, 1.54) is 0 Å². The highest BCUT2D eigenvalue weighted by Crippen LogP contribution is 2.29. The number of carboxylic acid groups (broad SMARTS) is 1. The van der Waals surface area contributed by atoms with Gasteiger partial charge in [-0.15, -0.1) is 6.58 Å². The molecule has 1 aliphatic heterocycles. The Bertz CT molecular complexity index is 311. The van der Waals surface area contributed by atoms with Crippen LogP contribution in [0.4, 0.5) is 4.79 Å². The van der Waals surface area contributed by atoms with Crippen molar-refractivity contribution in [2.75, 3.05) is 26.3 Å². The minimum absolute atomic E-state index is 0.131. The fourth-order valence-electron chi connectivity index (χ4n) is 1.83. The molecule has 0 bridgehead atoms. The van der Waals surface area contributed by atoms with E-state index in [-0.39, 0.29) is 12.6 Å². The van der Waals surface area contributed by atoms with Crippen LogP contribution in [0.2, 0.25) is 0 Å². The van der Waals surface area contributed by atoms with Crippen LogP contribution in [-0.4, -0.2) is 43.4 Å². The zero-order valence-corrected chi connectivity index (χ0v) is 10.4. The molecule has 0 spiro atoms. The lowest BCUT2D eigenvalue weighted by atomic mass is 9.80. The van der Waals surface area contributed by atoms with Crippen molar-refractivity contribution in [3.8, 4) is 0 Å². The molecule has 3 N–H and O–H groups in total. The molecule has 0 atom stereocenters. The van der Waals surface area contributed by atoms with Crippen molar-refractivity contribution in [2.24, 2.45) is 5.41 Å². The predicted molar refractivity (Wildman–Crippen MR) is 66.3 cm³/mol. The number of carbonyl (C=O) groups excluding carboxylic acids is 1. The van der Waals surface area contributed by atoms with Crippen molar-refractivity contribution in [3.05, 3.63) is 12.7 Å². The Kier molecular flexibility index (Phi) is 5.64. The van der Waals surface area contributed by atoms with Gasteiger partial charge in [-0.25, -0.2) is 4.79 Å². The molecule has 0 radical (unpaired) electrons. The van der Waals surface area contributed by atoms with E-state index in [4.69, 9.17) is 4.74 Å². The van der Waals surface area contributed by atoms with Gasteiger partial charge in [0.25, 0.3) is 0 Å². The number of hydrogen-bond donors (Lipinski definition) is 3. The molecule has 102 valence electrons. The Morgan fingerprint density at radius 3 is 2.56 bits per heavy atom. The van der Waals surface area contributed by atoms with Crippen LogP contribution in [0.1, 0.15) is 19.3 Å². The standard InChI is InChI=1S/C12H20N2O4/c1-2-3-6-13-11(17)14-9-12(10(15)16)4-7-18-8-5-12/h2H,1,3-9H2,(H,15,16)(H2,13,14,17). The number of carbonyl (C=O) groups is 2. The SMILES string of the molecule is C=CCCNC(=O)NCC1(C(=O)O)CCOCC1. The summed E-state index contributed by atoms with van der Waals surface area (Å²) in [6, 6.07) is -0.344. The number of hydrogen-bond acceptors (Lipinski definition) is 3. The average molecular weight is 256 g/mol. The van der Waals surface area contributed by atoms with Gasteiger partial charge < -0.3 is 20.5 Å². The quantitative estimate of drug-likeness (QED) is 0.483. The lowest BCUT2D eigenvalue weighted by Gasteiger charge is -2.33. The summed E-state index contributed by atoms with van der Waals surface area (Å²) in [5, 5.41) is 14.5. The Morgan fingerprint density at radius 2 is 2.00 bits per heavy atom. The zero-order chi connectivity index (χ0) is 13.4.